The fourth-order valence-electron chi connectivity index (χ4n) is 3.08. The van der Waals surface area contributed by atoms with Crippen molar-refractivity contribution in [3.8, 4) is 0 Å². The lowest BCUT2D eigenvalue weighted by Gasteiger charge is -2.16. The summed E-state index contributed by atoms with van der Waals surface area (Å²) >= 11 is 3.47. The van der Waals surface area contributed by atoms with E-state index in [1.165, 1.54) is 10.5 Å². The second kappa shape index (κ2) is 6.52. The van der Waals surface area contributed by atoms with Gasteiger partial charge in [0.2, 0.25) is 11.8 Å². The highest BCUT2D eigenvalue weighted by atomic mass is 79.9. The zero-order valence-corrected chi connectivity index (χ0v) is 15.6. The van der Waals surface area contributed by atoms with Crippen LogP contribution in [0.1, 0.15) is 23.6 Å². The van der Waals surface area contributed by atoms with Crippen molar-refractivity contribution >= 4 is 33.4 Å². The molecule has 1 aliphatic heterocycles. The first-order chi connectivity index (χ1) is 11.4. The summed E-state index contributed by atoms with van der Waals surface area (Å²) < 4.78 is 0.898. The quantitative estimate of drug-likeness (QED) is 0.732. The van der Waals surface area contributed by atoms with E-state index in [2.05, 4.69) is 15.9 Å². The number of carbonyl (C=O) groups is 2. The molecule has 124 valence electrons. The van der Waals surface area contributed by atoms with Gasteiger partial charge in [0.1, 0.15) is 0 Å². The van der Waals surface area contributed by atoms with Crippen molar-refractivity contribution in [3.05, 3.63) is 63.6 Å². The normalized spacial score (nSPS) is 20.8. The average Bonchev–Trinajstić information content (AvgIpc) is 2.76. The SMILES string of the molecule is Cc1ccc(CC2C(=O)N(c3ccc(C)c(Br)c3)C(=O)C2C)cc1. The molecule has 0 spiro atoms. The van der Waals surface area contributed by atoms with Crippen LogP contribution in [-0.2, 0) is 16.0 Å². The monoisotopic (exact) mass is 385 g/mol. The van der Waals surface area contributed by atoms with Gasteiger partial charge in [0, 0.05) is 10.4 Å². The number of carbonyl (C=O) groups excluding carboxylic acids is 2. The Morgan fingerprint density at radius 1 is 1.00 bits per heavy atom. The summed E-state index contributed by atoms with van der Waals surface area (Å²) in [6, 6.07) is 13.7. The van der Waals surface area contributed by atoms with Gasteiger partial charge in [-0.05, 0) is 43.5 Å². The van der Waals surface area contributed by atoms with Crippen LogP contribution in [0.4, 0.5) is 5.69 Å². The fourth-order valence-corrected chi connectivity index (χ4v) is 3.45. The van der Waals surface area contributed by atoms with E-state index in [0.29, 0.717) is 12.1 Å². The van der Waals surface area contributed by atoms with Gasteiger partial charge in [-0.2, -0.15) is 0 Å². The number of nitrogens with zero attached hydrogens (tertiary/aromatic N) is 1. The Balaban J connectivity index is 1.88. The van der Waals surface area contributed by atoms with Crippen LogP contribution in [0.15, 0.2) is 46.9 Å². The maximum absolute atomic E-state index is 12.9. The molecule has 2 aromatic carbocycles. The number of imide groups is 1. The van der Waals surface area contributed by atoms with Crippen LogP contribution in [0.3, 0.4) is 0 Å². The van der Waals surface area contributed by atoms with E-state index in [1.807, 2.05) is 63.2 Å². The van der Waals surface area contributed by atoms with E-state index in [-0.39, 0.29) is 23.7 Å². The van der Waals surface area contributed by atoms with Gasteiger partial charge in [-0.3, -0.25) is 14.5 Å². The molecule has 1 saturated heterocycles. The molecule has 1 heterocycles. The maximum atomic E-state index is 12.9. The molecular formula is C20H20BrNO2. The molecule has 0 aromatic heterocycles. The molecular weight excluding hydrogens is 366 g/mol. The minimum atomic E-state index is -0.307. The largest absolute Gasteiger partial charge is 0.274 e. The smallest absolute Gasteiger partial charge is 0.238 e. The Labute approximate surface area is 150 Å². The molecule has 0 bridgehead atoms. The molecule has 4 heteroatoms. The number of rotatable bonds is 3. The number of hydrogen-bond donors (Lipinski definition) is 0. The van der Waals surface area contributed by atoms with Gasteiger partial charge < -0.3 is 0 Å². The van der Waals surface area contributed by atoms with E-state index in [0.717, 1.165) is 15.6 Å². The first kappa shape index (κ1) is 16.9. The molecule has 0 radical (unpaired) electrons. The third-order valence-corrected chi connectivity index (χ3v) is 5.60. The molecule has 0 saturated carbocycles. The van der Waals surface area contributed by atoms with Crippen LogP contribution < -0.4 is 4.90 Å². The van der Waals surface area contributed by atoms with E-state index in [1.54, 1.807) is 0 Å². The van der Waals surface area contributed by atoms with E-state index in [9.17, 15) is 9.59 Å². The minimum Gasteiger partial charge on any atom is -0.274 e. The minimum absolute atomic E-state index is 0.108. The molecule has 2 aromatic rings. The van der Waals surface area contributed by atoms with Crippen LogP contribution in [0.2, 0.25) is 0 Å². The molecule has 1 fully saturated rings. The molecule has 1 aliphatic rings. The summed E-state index contributed by atoms with van der Waals surface area (Å²) in [6.07, 6.45) is 0.593. The standard InChI is InChI=1S/C20H20BrNO2/c1-12-4-7-15(8-5-12)10-17-14(3)19(23)22(20(17)24)16-9-6-13(2)18(21)11-16/h4-9,11,14,17H,10H2,1-3H3. The number of hydrogen-bond acceptors (Lipinski definition) is 2. The fraction of sp³-hybridized carbons (Fsp3) is 0.300. The van der Waals surface area contributed by atoms with Gasteiger partial charge >= 0.3 is 0 Å². The summed E-state index contributed by atoms with van der Waals surface area (Å²) in [5, 5.41) is 0. The molecule has 0 N–H and O–H groups in total. The highest BCUT2D eigenvalue weighted by molar-refractivity contribution is 9.10. The van der Waals surface area contributed by atoms with Crippen LogP contribution >= 0.6 is 15.9 Å². The van der Waals surface area contributed by atoms with Gasteiger partial charge in [-0.15, -0.1) is 0 Å². The molecule has 3 rings (SSSR count). The predicted molar refractivity (Wildman–Crippen MR) is 98.9 cm³/mol. The molecule has 2 unspecified atom stereocenters. The Kier molecular flexibility index (Phi) is 4.59. The van der Waals surface area contributed by atoms with Crippen molar-refractivity contribution in [1.82, 2.24) is 0 Å². The summed E-state index contributed by atoms with van der Waals surface area (Å²) in [4.78, 5) is 26.9. The van der Waals surface area contributed by atoms with Gasteiger partial charge in [0.15, 0.2) is 0 Å². The Hall–Kier alpha value is -1.94. The lowest BCUT2D eigenvalue weighted by molar-refractivity contribution is -0.122. The number of amides is 2. The second-order valence-corrected chi connectivity index (χ2v) is 7.38. The predicted octanol–water partition coefficient (Wildman–Crippen LogP) is 4.43. The van der Waals surface area contributed by atoms with Crippen LogP contribution in [0.5, 0.6) is 0 Å². The van der Waals surface area contributed by atoms with Crippen LogP contribution in [0.25, 0.3) is 0 Å². The first-order valence-corrected chi connectivity index (χ1v) is 8.87. The van der Waals surface area contributed by atoms with E-state index < -0.39 is 0 Å². The van der Waals surface area contributed by atoms with Gasteiger partial charge in [0.25, 0.3) is 0 Å². The van der Waals surface area contributed by atoms with Crippen molar-refractivity contribution in [2.75, 3.05) is 4.90 Å². The number of benzene rings is 2. The third-order valence-electron chi connectivity index (χ3n) is 4.74. The Morgan fingerprint density at radius 2 is 1.67 bits per heavy atom. The van der Waals surface area contributed by atoms with Gasteiger partial charge in [0.05, 0.1) is 11.6 Å². The van der Waals surface area contributed by atoms with Crippen molar-refractivity contribution in [2.45, 2.75) is 27.2 Å². The van der Waals surface area contributed by atoms with Crippen LogP contribution in [-0.4, -0.2) is 11.8 Å². The Bertz CT molecular complexity index is 798. The lowest BCUT2D eigenvalue weighted by Crippen LogP contribution is -2.31. The van der Waals surface area contributed by atoms with E-state index >= 15 is 0 Å². The Morgan fingerprint density at radius 3 is 2.29 bits per heavy atom. The zero-order chi connectivity index (χ0) is 17.4. The lowest BCUT2D eigenvalue weighted by atomic mass is 9.90. The topological polar surface area (TPSA) is 37.4 Å². The van der Waals surface area contributed by atoms with Gasteiger partial charge in [-0.25, -0.2) is 0 Å². The highest BCUT2D eigenvalue weighted by Gasteiger charge is 2.45. The zero-order valence-electron chi connectivity index (χ0n) is 14.0. The number of halogens is 1. The summed E-state index contributed by atoms with van der Waals surface area (Å²) in [7, 11) is 0. The van der Waals surface area contributed by atoms with Crippen molar-refractivity contribution < 1.29 is 9.59 Å². The molecule has 3 nitrogen and oxygen atoms in total. The molecule has 0 aliphatic carbocycles. The maximum Gasteiger partial charge on any atom is 0.238 e. The molecule has 24 heavy (non-hydrogen) atoms. The van der Waals surface area contributed by atoms with Crippen molar-refractivity contribution in [1.29, 1.82) is 0 Å². The van der Waals surface area contributed by atoms with Crippen molar-refractivity contribution in [3.63, 3.8) is 0 Å². The van der Waals surface area contributed by atoms with Gasteiger partial charge in [-0.1, -0.05) is 58.7 Å². The second-order valence-electron chi connectivity index (χ2n) is 6.53. The van der Waals surface area contributed by atoms with Crippen molar-refractivity contribution in [2.24, 2.45) is 11.8 Å². The molecule has 2 amide bonds. The van der Waals surface area contributed by atoms with E-state index in [4.69, 9.17) is 0 Å². The first-order valence-electron chi connectivity index (χ1n) is 8.08. The third kappa shape index (κ3) is 3.03. The molecule has 2 atom stereocenters. The number of aryl methyl sites for hydroxylation is 2. The average molecular weight is 386 g/mol. The summed E-state index contributed by atoms with van der Waals surface area (Å²) in [6.45, 7) is 5.86. The number of anilines is 1. The summed E-state index contributed by atoms with van der Waals surface area (Å²) in [5.74, 6) is -0.837. The summed E-state index contributed by atoms with van der Waals surface area (Å²) in [5.41, 5.74) is 3.99. The highest BCUT2D eigenvalue weighted by Crippen LogP contribution is 2.34. The van der Waals surface area contributed by atoms with Crippen LogP contribution in [0, 0.1) is 25.7 Å².